The summed E-state index contributed by atoms with van der Waals surface area (Å²) in [6, 6.07) is -0.0211. The SMILES string of the molecule is COCOc1c(C)c(C)cc2c1[C@@H]1C3[C@@H]4SC[C@H](NC(=O)C(F)(F)F)C(=O)OC[C@@H](c5c6c(c(C)c(O)c54)OCO6)N3[C@@H](C#N)[C@H](C2)N1C. The van der Waals surface area contributed by atoms with E-state index < -0.39 is 60.1 Å². The van der Waals surface area contributed by atoms with Crippen LogP contribution in [0.3, 0.4) is 0 Å². The zero-order valence-corrected chi connectivity index (χ0v) is 28.2. The number of benzene rings is 2. The van der Waals surface area contributed by atoms with Gasteiger partial charge in [-0.1, -0.05) is 6.07 Å². The summed E-state index contributed by atoms with van der Waals surface area (Å²) in [5.74, 6) is -2.40. The van der Waals surface area contributed by atoms with E-state index in [2.05, 4.69) is 17.0 Å². The van der Waals surface area contributed by atoms with Gasteiger partial charge < -0.3 is 34.1 Å². The molecule has 5 aliphatic rings. The second-order valence-electron chi connectivity index (χ2n) is 13.0. The third-order valence-electron chi connectivity index (χ3n) is 10.5. The molecule has 262 valence electrons. The Hall–Kier alpha value is -3.91. The molecular weight excluding hydrogens is 669 g/mol. The number of nitriles is 1. The van der Waals surface area contributed by atoms with Crippen LogP contribution in [0.15, 0.2) is 6.07 Å². The molecule has 0 aromatic heterocycles. The molecule has 2 aromatic rings. The number of nitrogens with zero attached hydrogens (tertiary/aromatic N) is 3. The van der Waals surface area contributed by atoms with Crippen molar-refractivity contribution in [3.8, 4) is 29.1 Å². The molecule has 1 amide bonds. The first kappa shape index (κ1) is 33.6. The lowest BCUT2D eigenvalue weighted by Gasteiger charge is -2.61. The number of rotatable bonds is 4. The molecule has 1 unspecified atom stereocenters. The van der Waals surface area contributed by atoms with Crippen LogP contribution in [0.25, 0.3) is 0 Å². The molecule has 2 aromatic carbocycles. The first-order valence-electron chi connectivity index (χ1n) is 15.7. The number of likely N-dealkylation sites (N-methyl/N-ethyl adjacent to an activating group) is 1. The number of phenols is 1. The molecule has 16 heteroatoms. The van der Waals surface area contributed by atoms with Gasteiger partial charge in [0, 0.05) is 47.2 Å². The Labute approximate surface area is 284 Å². The summed E-state index contributed by atoms with van der Waals surface area (Å²) in [6.07, 6.45) is -4.72. The highest BCUT2D eigenvalue weighted by molar-refractivity contribution is 7.99. The number of thioether (sulfide) groups is 1. The van der Waals surface area contributed by atoms with E-state index >= 15 is 0 Å². The number of amides is 1. The molecule has 2 N–H and O–H groups in total. The Morgan fingerprint density at radius 3 is 2.59 bits per heavy atom. The van der Waals surface area contributed by atoms with Gasteiger partial charge in [0.25, 0.3) is 0 Å². The Balaban J connectivity index is 1.47. The van der Waals surface area contributed by atoms with Crippen molar-refractivity contribution in [1.82, 2.24) is 15.1 Å². The predicted octanol–water partition coefficient (Wildman–Crippen LogP) is 3.64. The lowest BCUT2D eigenvalue weighted by Crippen LogP contribution is -2.69. The minimum absolute atomic E-state index is 0.0184. The van der Waals surface area contributed by atoms with Crippen LogP contribution in [0, 0.1) is 32.1 Å². The number of aryl methyl sites for hydroxylation is 1. The lowest BCUT2D eigenvalue weighted by atomic mass is 9.71. The van der Waals surface area contributed by atoms with Gasteiger partial charge in [0.15, 0.2) is 18.3 Å². The summed E-state index contributed by atoms with van der Waals surface area (Å²) in [4.78, 5) is 29.5. The molecule has 2 fully saturated rings. The summed E-state index contributed by atoms with van der Waals surface area (Å²) >= 11 is 1.10. The van der Waals surface area contributed by atoms with Crippen molar-refractivity contribution in [2.45, 2.75) is 74.9 Å². The van der Waals surface area contributed by atoms with Crippen LogP contribution in [0.5, 0.6) is 23.0 Å². The molecule has 5 heterocycles. The van der Waals surface area contributed by atoms with E-state index in [0.717, 1.165) is 34.0 Å². The zero-order chi connectivity index (χ0) is 35.1. The molecular formula is C33H35F3N4O8S. The van der Waals surface area contributed by atoms with E-state index in [9.17, 15) is 33.1 Å². The number of hydrogen-bond acceptors (Lipinski definition) is 12. The van der Waals surface area contributed by atoms with Crippen molar-refractivity contribution in [3.63, 3.8) is 0 Å². The number of methoxy groups -OCH3 is 1. The van der Waals surface area contributed by atoms with Gasteiger partial charge in [0.2, 0.25) is 6.79 Å². The molecule has 7 atom stereocenters. The molecule has 0 radical (unpaired) electrons. The number of halogens is 3. The molecule has 2 saturated heterocycles. The van der Waals surface area contributed by atoms with Gasteiger partial charge in [-0.15, -0.1) is 11.8 Å². The van der Waals surface area contributed by atoms with Gasteiger partial charge in [0.1, 0.15) is 30.2 Å². The number of ether oxygens (including phenoxy) is 5. The van der Waals surface area contributed by atoms with Crippen LogP contribution in [-0.4, -0.2) is 97.2 Å². The molecule has 4 bridgehead atoms. The summed E-state index contributed by atoms with van der Waals surface area (Å²) in [5, 5.41) is 23.8. The number of carbonyl (C=O) groups is 2. The maximum Gasteiger partial charge on any atom is 0.471 e. The number of esters is 1. The summed E-state index contributed by atoms with van der Waals surface area (Å²) in [5.41, 5.74) is 5.14. The van der Waals surface area contributed by atoms with E-state index in [1.54, 1.807) is 12.2 Å². The van der Waals surface area contributed by atoms with E-state index in [1.807, 2.05) is 25.8 Å². The highest BCUT2D eigenvalue weighted by Crippen LogP contribution is 2.63. The number of hydrogen-bond donors (Lipinski definition) is 2. The Morgan fingerprint density at radius 2 is 1.90 bits per heavy atom. The number of piperazine rings is 1. The van der Waals surface area contributed by atoms with Crippen LogP contribution in [0.2, 0.25) is 0 Å². The van der Waals surface area contributed by atoms with Crippen molar-refractivity contribution in [2.75, 3.05) is 40.1 Å². The maximum absolute atomic E-state index is 13.4. The van der Waals surface area contributed by atoms with Crippen molar-refractivity contribution in [2.24, 2.45) is 0 Å². The molecule has 0 saturated carbocycles. The molecule has 12 nitrogen and oxygen atoms in total. The molecule has 5 aliphatic heterocycles. The number of alkyl halides is 3. The van der Waals surface area contributed by atoms with E-state index in [0.29, 0.717) is 40.4 Å². The molecule has 49 heavy (non-hydrogen) atoms. The van der Waals surface area contributed by atoms with Gasteiger partial charge in [-0.05, 0) is 50.9 Å². The highest BCUT2D eigenvalue weighted by atomic mass is 32.2. The lowest BCUT2D eigenvalue weighted by molar-refractivity contribution is -0.176. The minimum Gasteiger partial charge on any atom is -0.507 e. The van der Waals surface area contributed by atoms with Gasteiger partial charge in [-0.25, -0.2) is 4.79 Å². The van der Waals surface area contributed by atoms with Gasteiger partial charge in [0.05, 0.1) is 23.4 Å². The van der Waals surface area contributed by atoms with Crippen LogP contribution in [0.4, 0.5) is 13.2 Å². The molecule has 0 aliphatic carbocycles. The Kier molecular flexibility index (Phi) is 8.33. The number of cyclic esters (lactones) is 1. The Morgan fingerprint density at radius 1 is 1.16 bits per heavy atom. The van der Waals surface area contributed by atoms with E-state index in [1.165, 1.54) is 7.11 Å². The summed E-state index contributed by atoms with van der Waals surface area (Å²) in [7, 11) is 3.46. The van der Waals surface area contributed by atoms with Crippen LogP contribution >= 0.6 is 11.8 Å². The second kappa shape index (κ2) is 12.1. The summed E-state index contributed by atoms with van der Waals surface area (Å²) < 4.78 is 69.1. The fourth-order valence-corrected chi connectivity index (χ4v) is 9.71. The standard InChI is InChI=1S/C33H35F3N4O8S/c1-13-6-16-7-18-19(8-37)40-20-9-45-31(42)17(38-32(43)33(34,35)36)10-49-30(23-22(20)29-28(47-12-48-29)15(3)26(23)41)25(40)24(39(18)4)21(16)27(14(13)2)46-11-44-5/h6,17-20,24-25,30,41H,7,9-12H2,1-5H3,(H,38,43)/t17-,18-,19-,20-,24+,25?,30+/m0/s1. The maximum atomic E-state index is 13.4. The molecule has 0 spiro atoms. The highest BCUT2D eigenvalue weighted by Gasteiger charge is 2.60. The first-order valence-corrected chi connectivity index (χ1v) is 16.8. The van der Waals surface area contributed by atoms with Gasteiger partial charge in [-0.2, -0.15) is 18.4 Å². The van der Waals surface area contributed by atoms with Crippen molar-refractivity contribution >= 4 is 23.6 Å². The number of aromatic hydroxyl groups is 1. The van der Waals surface area contributed by atoms with Crippen LogP contribution in [-0.2, 0) is 25.5 Å². The topological polar surface area (TPSA) is 143 Å². The smallest absolute Gasteiger partial charge is 0.471 e. The average molecular weight is 705 g/mol. The second-order valence-corrected chi connectivity index (χ2v) is 14.1. The van der Waals surface area contributed by atoms with E-state index in [-0.39, 0.29) is 31.1 Å². The van der Waals surface area contributed by atoms with Gasteiger partial charge >= 0.3 is 18.1 Å². The number of carbonyl (C=O) groups excluding carboxylic acids is 2. The van der Waals surface area contributed by atoms with Crippen molar-refractivity contribution in [3.05, 3.63) is 45.0 Å². The first-order chi connectivity index (χ1) is 23.3. The quantitative estimate of drug-likeness (QED) is 0.355. The third-order valence-corrected chi connectivity index (χ3v) is 11.9. The van der Waals surface area contributed by atoms with Crippen LogP contribution in [0.1, 0.15) is 56.3 Å². The monoisotopic (exact) mass is 704 g/mol. The van der Waals surface area contributed by atoms with E-state index in [4.69, 9.17) is 23.7 Å². The Bertz CT molecular complexity index is 1780. The fraction of sp³-hybridized carbons (Fsp3) is 0.545. The number of nitrogens with one attached hydrogen (secondary N) is 1. The van der Waals surface area contributed by atoms with Crippen molar-refractivity contribution < 1.29 is 51.6 Å². The largest absolute Gasteiger partial charge is 0.507 e. The molecule has 7 rings (SSSR count). The number of phenolic OH excluding ortho intramolecular Hbond substituents is 1. The van der Waals surface area contributed by atoms with Gasteiger partial charge in [-0.3, -0.25) is 14.6 Å². The average Bonchev–Trinajstić information content (AvgIpc) is 3.55. The minimum atomic E-state index is -5.22. The fourth-order valence-electron chi connectivity index (χ4n) is 8.20. The number of fused-ring (bicyclic) bond motifs is 9. The van der Waals surface area contributed by atoms with Crippen LogP contribution < -0.4 is 19.5 Å². The third kappa shape index (κ3) is 5.07. The van der Waals surface area contributed by atoms with Crippen molar-refractivity contribution in [1.29, 1.82) is 5.26 Å². The summed E-state index contributed by atoms with van der Waals surface area (Å²) in [6.45, 7) is 5.10. The predicted molar refractivity (Wildman–Crippen MR) is 167 cm³/mol. The zero-order valence-electron chi connectivity index (χ0n) is 27.3. The normalized spacial score (nSPS) is 28.9.